The van der Waals surface area contributed by atoms with E-state index in [9.17, 15) is 9.59 Å². The first-order valence-corrected chi connectivity index (χ1v) is 9.32. The number of amides is 2. The maximum atomic E-state index is 12.8. The Bertz CT molecular complexity index is 782. The Hall–Kier alpha value is -1.85. The number of hydrogen-bond acceptors (Lipinski definition) is 2. The van der Waals surface area contributed by atoms with Gasteiger partial charge in [-0.25, -0.2) is 0 Å². The Balaban J connectivity index is 1.69. The monoisotopic (exact) mass is 420 g/mol. The highest BCUT2D eigenvalue weighted by molar-refractivity contribution is 9.10. The molecule has 4 nitrogen and oxygen atoms in total. The first-order valence-electron chi connectivity index (χ1n) is 8.15. The number of carbonyl (C=O) groups excluding carboxylic acids is 2. The van der Waals surface area contributed by atoms with Crippen molar-refractivity contribution in [3.05, 3.63) is 69.2 Å². The molecule has 130 valence electrons. The maximum absolute atomic E-state index is 12.8. The van der Waals surface area contributed by atoms with Crippen LogP contribution in [0.15, 0.2) is 53.0 Å². The number of benzene rings is 2. The van der Waals surface area contributed by atoms with E-state index in [4.69, 9.17) is 11.6 Å². The van der Waals surface area contributed by atoms with Crippen LogP contribution in [0.25, 0.3) is 0 Å². The van der Waals surface area contributed by atoms with Crippen LogP contribution in [-0.4, -0.2) is 47.8 Å². The summed E-state index contributed by atoms with van der Waals surface area (Å²) in [6.07, 6.45) is 0.748. The highest BCUT2D eigenvalue weighted by Gasteiger charge is 2.24. The van der Waals surface area contributed by atoms with Gasteiger partial charge < -0.3 is 9.80 Å². The van der Waals surface area contributed by atoms with Crippen LogP contribution in [0.1, 0.15) is 27.1 Å². The van der Waals surface area contributed by atoms with Gasteiger partial charge in [0.1, 0.15) is 0 Å². The summed E-state index contributed by atoms with van der Waals surface area (Å²) in [7, 11) is 0. The molecule has 0 atom stereocenters. The van der Waals surface area contributed by atoms with Gasteiger partial charge in [-0.2, -0.15) is 0 Å². The van der Waals surface area contributed by atoms with E-state index in [1.165, 1.54) is 0 Å². The lowest BCUT2D eigenvalue weighted by molar-refractivity contribution is 0.0719. The summed E-state index contributed by atoms with van der Waals surface area (Å²) >= 11 is 9.55. The SMILES string of the molecule is O=C(c1ccccc1)N1CCCN(C(=O)c2ccc(Br)cc2Cl)CC1. The largest absolute Gasteiger partial charge is 0.337 e. The van der Waals surface area contributed by atoms with Crippen LogP contribution in [0, 0.1) is 0 Å². The first kappa shape index (κ1) is 18.0. The second kappa shape index (κ2) is 8.02. The molecule has 0 aromatic heterocycles. The van der Waals surface area contributed by atoms with Gasteiger partial charge in [-0.1, -0.05) is 45.7 Å². The van der Waals surface area contributed by atoms with Gasteiger partial charge >= 0.3 is 0 Å². The molecule has 1 heterocycles. The topological polar surface area (TPSA) is 40.6 Å². The molecule has 0 spiro atoms. The standard InChI is InChI=1S/C19H18BrClN2O2/c20-15-7-8-16(17(21)13-15)19(25)23-10-4-9-22(11-12-23)18(24)14-5-2-1-3-6-14/h1-3,5-8,13H,4,9-12H2. The minimum atomic E-state index is -0.0912. The van der Waals surface area contributed by atoms with Crippen molar-refractivity contribution in [1.29, 1.82) is 0 Å². The Morgan fingerprint density at radius 3 is 2.16 bits per heavy atom. The smallest absolute Gasteiger partial charge is 0.255 e. The Morgan fingerprint density at radius 1 is 0.880 bits per heavy atom. The van der Waals surface area contributed by atoms with E-state index in [1.54, 1.807) is 17.0 Å². The summed E-state index contributed by atoms with van der Waals surface area (Å²) in [5, 5.41) is 0.431. The number of nitrogens with zero attached hydrogens (tertiary/aromatic N) is 2. The van der Waals surface area contributed by atoms with Crippen LogP contribution in [0.4, 0.5) is 0 Å². The number of rotatable bonds is 2. The minimum Gasteiger partial charge on any atom is -0.337 e. The molecule has 1 aliphatic rings. The summed E-state index contributed by atoms with van der Waals surface area (Å²) < 4.78 is 0.838. The van der Waals surface area contributed by atoms with Gasteiger partial charge in [0.15, 0.2) is 0 Å². The van der Waals surface area contributed by atoms with Crippen LogP contribution in [-0.2, 0) is 0 Å². The van der Waals surface area contributed by atoms with Crippen molar-refractivity contribution in [2.45, 2.75) is 6.42 Å². The number of carbonyl (C=O) groups is 2. The van der Waals surface area contributed by atoms with Crippen LogP contribution >= 0.6 is 27.5 Å². The third-order valence-corrected chi connectivity index (χ3v) is 5.06. The summed E-state index contributed by atoms with van der Waals surface area (Å²) in [6, 6.07) is 14.5. The minimum absolute atomic E-state index is 0.0107. The average molecular weight is 422 g/mol. The molecular formula is C19H18BrClN2O2. The van der Waals surface area contributed by atoms with Crippen LogP contribution in [0.3, 0.4) is 0 Å². The lowest BCUT2D eigenvalue weighted by atomic mass is 10.2. The Kier molecular flexibility index (Phi) is 5.76. The predicted molar refractivity (Wildman–Crippen MR) is 102 cm³/mol. The fourth-order valence-corrected chi connectivity index (χ4v) is 3.67. The molecule has 2 aromatic rings. The van der Waals surface area contributed by atoms with Crippen LogP contribution in [0.2, 0.25) is 5.02 Å². The first-order chi connectivity index (χ1) is 12.1. The van der Waals surface area contributed by atoms with Gasteiger partial charge in [-0.05, 0) is 36.8 Å². The predicted octanol–water partition coefficient (Wildman–Crippen LogP) is 4.09. The van der Waals surface area contributed by atoms with E-state index in [-0.39, 0.29) is 11.8 Å². The third kappa shape index (κ3) is 4.22. The molecule has 1 aliphatic heterocycles. The molecule has 0 bridgehead atoms. The average Bonchev–Trinajstić information content (AvgIpc) is 2.87. The summed E-state index contributed by atoms with van der Waals surface area (Å²) in [4.78, 5) is 28.9. The molecule has 6 heteroatoms. The van der Waals surface area contributed by atoms with E-state index in [0.717, 1.165) is 10.9 Å². The summed E-state index contributed by atoms with van der Waals surface area (Å²) in [6.45, 7) is 2.28. The van der Waals surface area contributed by atoms with E-state index < -0.39 is 0 Å². The van der Waals surface area contributed by atoms with Crippen LogP contribution in [0.5, 0.6) is 0 Å². The van der Waals surface area contributed by atoms with Gasteiger partial charge in [0.2, 0.25) is 0 Å². The molecule has 0 radical (unpaired) electrons. The van der Waals surface area contributed by atoms with E-state index in [2.05, 4.69) is 15.9 Å². The normalized spacial score (nSPS) is 15.0. The summed E-state index contributed by atoms with van der Waals surface area (Å²) in [5.74, 6) is -0.0805. The van der Waals surface area contributed by atoms with Crippen molar-refractivity contribution in [2.24, 2.45) is 0 Å². The van der Waals surface area contributed by atoms with Gasteiger partial charge in [0.25, 0.3) is 11.8 Å². The van der Waals surface area contributed by atoms with Crippen molar-refractivity contribution < 1.29 is 9.59 Å². The molecular weight excluding hydrogens is 404 g/mol. The Labute approximate surface area is 160 Å². The molecule has 1 saturated heterocycles. The zero-order valence-corrected chi connectivity index (χ0v) is 16.0. The lowest BCUT2D eigenvalue weighted by Crippen LogP contribution is -2.37. The zero-order valence-electron chi connectivity index (χ0n) is 13.6. The van der Waals surface area contributed by atoms with Crippen LogP contribution < -0.4 is 0 Å². The van der Waals surface area contributed by atoms with E-state index in [0.29, 0.717) is 42.3 Å². The fraction of sp³-hybridized carbons (Fsp3) is 0.263. The molecule has 0 N–H and O–H groups in total. The molecule has 25 heavy (non-hydrogen) atoms. The molecule has 0 aliphatic carbocycles. The lowest BCUT2D eigenvalue weighted by Gasteiger charge is -2.22. The van der Waals surface area contributed by atoms with Crippen molar-refractivity contribution in [3.63, 3.8) is 0 Å². The van der Waals surface area contributed by atoms with Gasteiger partial charge in [0.05, 0.1) is 10.6 Å². The Morgan fingerprint density at radius 2 is 1.52 bits per heavy atom. The summed E-state index contributed by atoms with van der Waals surface area (Å²) in [5.41, 5.74) is 1.17. The second-order valence-electron chi connectivity index (χ2n) is 5.93. The number of hydrogen-bond donors (Lipinski definition) is 0. The molecule has 0 saturated carbocycles. The third-order valence-electron chi connectivity index (χ3n) is 4.25. The second-order valence-corrected chi connectivity index (χ2v) is 7.25. The number of halogens is 2. The van der Waals surface area contributed by atoms with E-state index in [1.807, 2.05) is 41.3 Å². The van der Waals surface area contributed by atoms with Gasteiger partial charge in [-0.15, -0.1) is 0 Å². The van der Waals surface area contributed by atoms with Crippen molar-refractivity contribution in [1.82, 2.24) is 9.80 Å². The maximum Gasteiger partial charge on any atom is 0.255 e. The van der Waals surface area contributed by atoms with Crippen molar-refractivity contribution in [3.8, 4) is 0 Å². The highest BCUT2D eigenvalue weighted by Crippen LogP contribution is 2.23. The van der Waals surface area contributed by atoms with Crippen molar-refractivity contribution in [2.75, 3.05) is 26.2 Å². The molecule has 1 fully saturated rings. The molecule has 2 aromatic carbocycles. The fourth-order valence-electron chi connectivity index (χ4n) is 2.92. The van der Waals surface area contributed by atoms with Gasteiger partial charge in [0, 0.05) is 36.2 Å². The molecule has 2 amide bonds. The van der Waals surface area contributed by atoms with Gasteiger partial charge in [-0.3, -0.25) is 9.59 Å². The molecule has 3 rings (SSSR count). The van der Waals surface area contributed by atoms with E-state index >= 15 is 0 Å². The zero-order chi connectivity index (χ0) is 17.8. The highest BCUT2D eigenvalue weighted by atomic mass is 79.9. The molecule has 0 unspecified atom stereocenters. The van der Waals surface area contributed by atoms with Crippen molar-refractivity contribution >= 4 is 39.3 Å². The quantitative estimate of drug-likeness (QED) is 0.733.